The van der Waals surface area contributed by atoms with E-state index in [4.69, 9.17) is 0 Å². The molecular formula is C24H27N2O. The summed E-state index contributed by atoms with van der Waals surface area (Å²) in [6, 6.07) is 18.0. The van der Waals surface area contributed by atoms with E-state index < -0.39 is 0 Å². The van der Waals surface area contributed by atoms with Crippen molar-refractivity contribution in [2.45, 2.75) is 38.5 Å². The standard InChI is InChI=1S/C24H27N2O/c27-21-10-11-23-22(18-21)24(12-15-25-23)26-16-13-20(14-17-26)9-5-4-8-19-6-2-1-3-7-19/h1-3,6-7,10-12,15,18,20H,4-5,8-9,13-14,16-17H2. The topological polar surface area (TPSA) is 36.0 Å². The first kappa shape index (κ1) is 17.8. The van der Waals surface area contributed by atoms with E-state index in [2.05, 4.69) is 46.3 Å². The van der Waals surface area contributed by atoms with E-state index in [1.54, 1.807) is 12.1 Å². The summed E-state index contributed by atoms with van der Waals surface area (Å²) in [4.78, 5) is 6.84. The van der Waals surface area contributed by atoms with Crippen LogP contribution < -0.4 is 4.90 Å². The van der Waals surface area contributed by atoms with Gasteiger partial charge in [-0.15, -0.1) is 0 Å². The van der Waals surface area contributed by atoms with Gasteiger partial charge in [-0.25, -0.2) is 0 Å². The molecule has 0 aliphatic carbocycles. The van der Waals surface area contributed by atoms with E-state index in [0.29, 0.717) is 0 Å². The summed E-state index contributed by atoms with van der Waals surface area (Å²) < 4.78 is 0. The second-order valence-electron chi connectivity index (χ2n) is 7.67. The van der Waals surface area contributed by atoms with Crippen LogP contribution in [0.15, 0.2) is 60.8 Å². The lowest BCUT2D eigenvalue weighted by Gasteiger charge is -2.34. The third kappa shape index (κ3) is 4.41. The molecule has 1 aliphatic rings. The van der Waals surface area contributed by atoms with Crippen molar-refractivity contribution in [3.63, 3.8) is 0 Å². The highest BCUT2D eigenvalue weighted by Crippen LogP contribution is 2.32. The van der Waals surface area contributed by atoms with Crippen LogP contribution in [-0.4, -0.2) is 18.1 Å². The molecule has 0 saturated carbocycles. The smallest absolute Gasteiger partial charge is 0.179 e. The van der Waals surface area contributed by atoms with Crippen LogP contribution in [0.5, 0.6) is 5.75 Å². The maximum Gasteiger partial charge on any atom is 0.179 e. The Hall–Kier alpha value is -2.55. The van der Waals surface area contributed by atoms with Gasteiger partial charge in [0.25, 0.3) is 0 Å². The molecule has 1 radical (unpaired) electrons. The SMILES string of the molecule is [O]c1ccc2nccc(N3CCC(CCCCc4ccccc4)CC3)c2c1. The van der Waals surface area contributed by atoms with Gasteiger partial charge < -0.3 is 4.90 Å². The summed E-state index contributed by atoms with van der Waals surface area (Å²) in [6.45, 7) is 2.15. The molecule has 0 spiro atoms. The fraction of sp³-hybridized carbons (Fsp3) is 0.375. The van der Waals surface area contributed by atoms with Crippen LogP contribution in [0.2, 0.25) is 0 Å². The highest BCUT2D eigenvalue weighted by molar-refractivity contribution is 5.92. The number of unbranched alkanes of at least 4 members (excludes halogenated alkanes) is 1. The van der Waals surface area contributed by atoms with Crippen molar-refractivity contribution in [3.8, 4) is 5.75 Å². The number of anilines is 1. The maximum absolute atomic E-state index is 11.8. The van der Waals surface area contributed by atoms with Crippen molar-refractivity contribution >= 4 is 16.6 Å². The number of benzene rings is 2. The van der Waals surface area contributed by atoms with Crippen LogP contribution in [-0.2, 0) is 11.5 Å². The average molecular weight is 359 g/mol. The number of aryl methyl sites for hydroxylation is 1. The second kappa shape index (κ2) is 8.43. The Labute approximate surface area is 161 Å². The Morgan fingerprint density at radius 2 is 1.78 bits per heavy atom. The van der Waals surface area contributed by atoms with Crippen molar-refractivity contribution in [3.05, 3.63) is 66.4 Å². The van der Waals surface area contributed by atoms with Crippen LogP contribution >= 0.6 is 0 Å². The Bertz CT molecular complexity index is 870. The lowest BCUT2D eigenvalue weighted by atomic mass is 9.90. The molecule has 0 unspecified atom stereocenters. The Morgan fingerprint density at radius 1 is 0.963 bits per heavy atom. The Kier molecular flexibility index (Phi) is 5.57. The van der Waals surface area contributed by atoms with Crippen molar-refractivity contribution in [2.75, 3.05) is 18.0 Å². The molecular weight excluding hydrogens is 332 g/mol. The molecule has 0 N–H and O–H groups in total. The number of hydrogen-bond donors (Lipinski definition) is 0. The van der Waals surface area contributed by atoms with Crippen molar-refractivity contribution < 1.29 is 5.11 Å². The van der Waals surface area contributed by atoms with E-state index in [-0.39, 0.29) is 5.75 Å². The van der Waals surface area contributed by atoms with Crippen molar-refractivity contribution in [1.29, 1.82) is 0 Å². The van der Waals surface area contributed by atoms with Gasteiger partial charge in [-0.2, -0.15) is 0 Å². The first-order valence-electron chi connectivity index (χ1n) is 10.1. The highest BCUT2D eigenvalue weighted by Gasteiger charge is 2.20. The molecule has 1 aromatic heterocycles. The number of piperidine rings is 1. The molecule has 4 rings (SSSR count). The normalized spacial score (nSPS) is 15.3. The molecule has 3 nitrogen and oxygen atoms in total. The van der Waals surface area contributed by atoms with E-state index in [1.807, 2.05) is 12.3 Å². The number of hydrogen-bond acceptors (Lipinski definition) is 2. The summed E-state index contributed by atoms with van der Waals surface area (Å²) >= 11 is 0. The van der Waals surface area contributed by atoms with Crippen LogP contribution in [0.3, 0.4) is 0 Å². The predicted molar refractivity (Wildman–Crippen MR) is 111 cm³/mol. The van der Waals surface area contributed by atoms with Gasteiger partial charge in [0.15, 0.2) is 5.75 Å². The predicted octanol–water partition coefficient (Wildman–Crippen LogP) is 6.01. The van der Waals surface area contributed by atoms with Gasteiger partial charge in [-0.1, -0.05) is 43.2 Å². The number of fused-ring (bicyclic) bond motifs is 1. The number of rotatable bonds is 6. The molecule has 0 bridgehead atoms. The van der Waals surface area contributed by atoms with Gasteiger partial charge in [0.2, 0.25) is 0 Å². The zero-order valence-electron chi connectivity index (χ0n) is 15.8. The number of pyridine rings is 1. The van der Waals surface area contributed by atoms with Gasteiger partial charge in [0.05, 0.1) is 5.52 Å². The van der Waals surface area contributed by atoms with E-state index in [1.165, 1.54) is 49.8 Å². The molecule has 1 aliphatic heterocycles. The average Bonchev–Trinajstić information content (AvgIpc) is 2.72. The van der Waals surface area contributed by atoms with Crippen LogP contribution in [0.25, 0.3) is 10.9 Å². The van der Waals surface area contributed by atoms with Gasteiger partial charge in [-0.05, 0) is 61.4 Å². The summed E-state index contributed by atoms with van der Waals surface area (Å²) in [5.74, 6) is 0.894. The number of aromatic nitrogens is 1. The van der Waals surface area contributed by atoms with E-state index in [0.717, 1.165) is 29.9 Å². The Morgan fingerprint density at radius 3 is 2.59 bits per heavy atom. The second-order valence-corrected chi connectivity index (χ2v) is 7.67. The Balaban J connectivity index is 1.29. The molecule has 2 heterocycles. The number of nitrogens with zero attached hydrogens (tertiary/aromatic N) is 2. The minimum absolute atomic E-state index is 0.0602. The maximum atomic E-state index is 11.8. The third-order valence-electron chi connectivity index (χ3n) is 5.82. The third-order valence-corrected chi connectivity index (χ3v) is 5.82. The van der Waals surface area contributed by atoms with Gasteiger partial charge in [0.1, 0.15) is 0 Å². The highest BCUT2D eigenvalue weighted by atomic mass is 16.3. The largest absolute Gasteiger partial charge is 0.371 e. The van der Waals surface area contributed by atoms with E-state index in [9.17, 15) is 5.11 Å². The first-order chi connectivity index (χ1) is 13.3. The fourth-order valence-corrected chi connectivity index (χ4v) is 4.26. The molecule has 1 saturated heterocycles. The van der Waals surface area contributed by atoms with Gasteiger partial charge >= 0.3 is 0 Å². The molecule has 0 atom stereocenters. The summed E-state index contributed by atoms with van der Waals surface area (Å²) in [5.41, 5.74) is 3.53. The van der Waals surface area contributed by atoms with Crippen LogP contribution in [0.4, 0.5) is 5.69 Å². The molecule has 139 valence electrons. The summed E-state index contributed by atoms with van der Waals surface area (Å²) in [7, 11) is 0. The lowest BCUT2D eigenvalue weighted by Crippen LogP contribution is -2.33. The van der Waals surface area contributed by atoms with Crippen LogP contribution in [0.1, 0.15) is 37.7 Å². The molecule has 0 amide bonds. The minimum atomic E-state index is 0.0602. The van der Waals surface area contributed by atoms with Gasteiger partial charge in [-0.3, -0.25) is 10.1 Å². The monoisotopic (exact) mass is 359 g/mol. The lowest BCUT2D eigenvalue weighted by molar-refractivity contribution is 0.355. The first-order valence-corrected chi connectivity index (χ1v) is 10.1. The van der Waals surface area contributed by atoms with Crippen LogP contribution in [0, 0.1) is 5.92 Å². The van der Waals surface area contributed by atoms with Crippen molar-refractivity contribution in [2.24, 2.45) is 5.92 Å². The minimum Gasteiger partial charge on any atom is -0.371 e. The molecule has 27 heavy (non-hydrogen) atoms. The van der Waals surface area contributed by atoms with Gasteiger partial charge in [0, 0.05) is 30.4 Å². The van der Waals surface area contributed by atoms with Crippen molar-refractivity contribution in [1.82, 2.24) is 4.98 Å². The zero-order chi connectivity index (χ0) is 18.5. The summed E-state index contributed by atoms with van der Waals surface area (Å²) in [6.07, 6.45) is 9.47. The van der Waals surface area contributed by atoms with E-state index >= 15 is 0 Å². The molecule has 2 aromatic carbocycles. The zero-order valence-corrected chi connectivity index (χ0v) is 15.8. The summed E-state index contributed by atoms with van der Waals surface area (Å²) in [5, 5.41) is 12.8. The fourth-order valence-electron chi connectivity index (χ4n) is 4.26. The quantitative estimate of drug-likeness (QED) is 0.505. The molecule has 1 fully saturated rings. The molecule has 3 heteroatoms. The molecule has 3 aromatic rings.